The zero-order valence-electron chi connectivity index (χ0n) is 16.6. The number of nitrogens with zero attached hydrogens (tertiary/aromatic N) is 1. The summed E-state index contributed by atoms with van der Waals surface area (Å²) in [6, 6.07) is 18.4. The fourth-order valence-corrected chi connectivity index (χ4v) is 4.33. The Morgan fingerprint density at radius 1 is 0.893 bits per heavy atom. The molecule has 1 amide bonds. The van der Waals surface area contributed by atoms with Crippen LogP contribution in [0.4, 0.5) is 0 Å². The van der Waals surface area contributed by atoms with E-state index in [1.54, 1.807) is 0 Å². The van der Waals surface area contributed by atoms with Gasteiger partial charge in [-0.25, -0.2) is 4.98 Å². The molecule has 3 nitrogen and oxygen atoms in total. The van der Waals surface area contributed by atoms with Crippen molar-refractivity contribution in [3.05, 3.63) is 65.7 Å². The Kier molecular flexibility index (Phi) is 5.70. The number of benzene rings is 2. The molecule has 0 spiro atoms. The summed E-state index contributed by atoms with van der Waals surface area (Å²) in [7, 11) is 0. The third-order valence-electron chi connectivity index (χ3n) is 5.85. The number of amides is 1. The summed E-state index contributed by atoms with van der Waals surface area (Å²) in [6.07, 6.45) is 8.46. The minimum atomic E-state index is 0.0406. The topological polar surface area (TPSA) is 42.0 Å². The van der Waals surface area contributed by atoms with Crippen LogP contribution in [-0.2, 0) is 0 Å². The number of hydrogen-bond donors (Lipinski definition) is 1. The van der Waals surface area contributed by atoms with E-state index in [9.17, 15) is 4.79 Å². The molecule has 0 atom stereocenters. The molecule has 1 saturated carbocycles. The monoisotopic (exact) mass is 372 g/mol. The van der Waals surface area contributed by atoms with E-state index >= 15 is 0 Å². The molecular weight excluding hydrogens is 344 g/mol. The van der Waals surface area contributed by atoms with Crippen LogP contribution < -0.4 is 5.32 Å². The first-order chi connectivity index (χ1) is 13.7. The number of fused-ring (bicyclic) bond motifs is 1. The maximum absolute atomic E-state index is 13.4. The van der Waals surface area contributed by atoms with E-state index < -0.39 is 0 Å². The van der Waals surface area contributed by atoms with E-state index in [-0.39, 0.29) is 11.9 Å². The molecule has 0 radical (unpaired) electrons. The Labute approximate surface area is 167 Å². The third kappa shape index (κ3) is 3.94. The molecule has 2 aromatic carbocycles. The molecular formula is C25H28N2O. The number of para-hydroxylation sites is 1. The molecule has 1 fully saturated rings. The van der Waals surface area contributed by atoms with Crippen LogP contribution in [0.2, 0.25) is 0 Å². The highest BCUT2D eigenvalue weighted by molar-refractivity contribution is 6.09. The summed E-state index contributed by atoms with van der Waals surface area (Å²) in [5.74, 6) is 0.0406. The fourth-order valence-electron chi connectivity index (χ4n) is 4.33. The molecule has 0 saturated heterocycles. The Morgan fingerprint density at radius 2 is 1.54 bits per heavy atom. The van der Waals surface area contributed by atoms with Gasteiger partial charge in [-0.05, 0) is 31.4 Å². The van der Waals surface area contributed by atoms with Gasteiger partial charge in [0.15, 0.2) is 0 Å². The zero-order chi connectivity index (χ0) is 19.3. The third-order valence-corrected chi connectivity index (χ3v) is 5.85. The Bertz CT molecular complexity index is 957. The summed E-state index contributed by atoms with van der Waals surface area (Å²) in [5, 5.41) is 4.28. The molecule has 3 heteroatoms. The van der Waals surface area contributed by atoms with Crippen molar-refractivity contribution in [1.29, 1.82) is 0 Å². The molecule has 0 unspecified atom stereocenters. The number of aromatic nitrogens is 1. The second-order valence-electron chi connectivity index (χ2n) is 7.86. The molecule has 1 aliphatic rings. The van der Waals surface area contributed by atoms with Gasteiger partial charge in [-0.3, -0.25) is 4.79 Å². The number of carbonyl (C=O) groups is 1. The van der Waals surface area contributed by atoms with Crippen LogP contribution in [0.5, 0.6) is 0 Å². The van der Waals surface area contributed by atoms with Gasteiger partial charge in [-0.15, -0.1) is 0 Å². The van der Waals surface area contributed by atoms with Gasteiger partial charge >= 0.3 is 0 Å². The highest BCUT2D eigenvalue weighted by atomic mass is 16.1. The largest absolute Gasteiger partial charge is 0.349 e. The first-order valence-corrected chi connectivity index (χ1v) is 10.5. The normalized spacial score (nSPS) is 15.8. The van der Waals surface area contributed by atoms with Crippen LogP contribution in [0.1, 0.15) is 60.9 Å². The van der Waals surface area contributed by atoms with E-state index in [1.807, 2.05) is 49.4 Å². The SMILES string of the molecule is Cc1c(-c2ccccc2)nc2ccccc2c1C(=O)NC1CCCCCCC1. The molecule has 1 aliphatic carbocycles. The highest BCUT2D eigenvalue weighted by Crippen LogP contribution is 2.30. The molecule has 1 N–H and O–H groups in total. The second-order valence-corrected chi connectivity index (χ2v) is 7.86. The molecule has 4 rings (SSSR count). The van der Waals surface area contributed by atoms with E-state index in [1.165, 1.54) is 32.1 Å². The van der Waals surface area contributed by atoms with E-state index in [4.69, 9.17) is 4.98 Å². The van der Waals surface area contributed by atoms with Gasteiger partial charge < -0.3 is 5.32 Å². The van der Waals surface area contributed by atoms with Crippen molar-refractivity contribution in [1.82, 2.24) is 10.3 Å². The quantitative estimate of drug-likeness (QED) is 0.608. The van der Waals surface area contributed by atoms with Crippen LogP contribution >= 0.6 is 0 Å². The highest BCUT2D eigenvalue weighted by Gasteiger charge is 2.21. The van der Waals surface area contributed by atoms with Crippen molar-refractivity contribution < 1.29 is 4.79 Å². The van der Waals surface area contributed by atoms with E-state index in [0.29, 0.717) is 0 Å². The van der Waals surface area contributed by atoms with Crippen LogP contribution in [0.3, 0.4) is 0 Å². The molecule has 1 heterocycles. The van der Waals surface area contributed by atoms with Gasteiger partial charge in [0.05, 0.1) is 16.8 Å². The average molecular weight is 373 g/mol. The molecule has 3 aromatic rings. The lowest BCUT2D eigenvalue weighted by molar-refractivity contribution is 0.0931. The van der Waals surface area contributed by atoms with Gasteiger partial charge in [0.2, 0.25) is 0 Å². The van der Waals surface area contributed by atoms with Crippen molar-refractivity contribution in [2.45, 2.75) is 57.9 Å². The number of pyridine rings is 1. The predicted molar refractivity (Wildman–Crippen MR) is 115 cm³/mol. The van der Waals surface area contributed by atoms with Crippen molar-refractivity contribution in [3.8, 4) is 11.3 Å². The Balaban J connectivity index is 1.74. The smallest absolute Gasteiger partial charge is 0.252 e. The molecule has 0 bridgehead atoms. The molecule has 28 heavy (non-hydrogen) atoms. The Morgan fingerprint density at radius 3 is 2.29 bits per heavy atom. The maximum Gasteiger partial charge on any atom is 0.252 e. The zero-order valence-corrected chi connectivity index (χ0v) is 16.6. The lowest BCUT2D eigenvalue weighted by Gasteiger charge is -2.22. The predicted octanol–water partition coefficient (Wildman–Crippen LogP) is 6.05. The van der Waals surface area contributed by atoms with Crippen molar-refractivity contribution in [2.75, 3.05) is 0 Å². The first-order valence-electron chi connectivity index (χ1n) is 10.5. The van der Waals surface area contributed by atoms with Crippen LogP contribution in [0.15, 0.2) is 54.6 Å². The van der Waals surface area contributed by atoms with Crippen molar-refractivity contribution in [3.63, 3.8) is 0 Å². The molecule has 144 valence electrons. The number of carbonyl (C=O) groups excluding carboxylic acids is 1. The van der Waals surface area contributed by atoms with E-state index in [0.717, 1.165) is 46.1 Å². The fraction of sp³-hybridized carbons (Fsp3) is 0.360. The van der Waals surface area contributed by atoms with Gasteiger partial charge in [0, 0.05) is 17.0 Å². The summed E-state index contributed by atoms with van der Waals surface area (Å²) in [4.78, 5) is 18.3. The second kappa shape index (κ2) is 8.55. The number of hydrogen-bond acceptors (Lipinski definition) is 2. The van der Waals surface area contributed by atoms with Crippen LogP contribution in [-0.4, -0.2) is 16.9 Å². The summed E-state index contributed by atoms with van der Waals surface area (Å²) in [6.45, 7) is 2.02. The minimum Gasteiger partial charge on any atom is -0.349 e. The summed E-state index contributed by atoms with van der Waals surface area (Å²) >= 11 is 0. The lowest BCUT2D eigenvalue weighted by Crippen LogP contribution is -2.35. The summed E-state index contributed by atoms with van der Waals surface area (Å²) < 4.78 is 0. The number of nitrogens with one attached hydrogen (secondary N) is 1. The summed E-state index contributed by atoms with van der Waals surface area (Å²) in [5.41, 5.74) is 4.53. The number of rotatable bonds is 3. The van der Waals surface area contributed by atoms with Crippen LogP contribution in [0, 0.1) is 6.92 Å². The maximum atomic E-state index is 13.4. The van der Waals surface area contributed by atoms with Crippen molar-refractivity contribution >= 4 is 16.8 Å². The van der Waals surface area contributed by atoms with Crippen molar-refractivity contribution in [2.24, 2.45) is 0 Å². The van der Waals surface area contributed by atoms with Gasteiger partial charge in [-0.2, -0.15) is 0 Å². The van der Waals surface area contributed by atoms with Gasteiger partial charge in [0.25, 0.3) is 5.91 Å². The minimum absolute atomic E-state index is 0.0406. The standard InChI is InChI=1S/C25H28N2O/c1-18-23(25(28)26-20-14-8-3-2-4-9-15-20)21-16-10-11-17-22(21)27-24(18)19-12-6-5-7-13-19/h5-7,10-13,16-17,20H,2-4,8-9,14-15H2,1H3,(H,26,28). The first kappa shape index (κ1) is 18.7. The molecule has 1 aromatic heterocycles. The van der Waals surface area contributed by atoms with Gasteiger partial charge in [-0.1, -0.05) is 80.6 Å². The van der Waals surface area contributed by atoms with Crippen LogP contribution in [0.25, 0.3) is 22.2 Å². The van der Waals surface area contributed by atoms with Gasteiger partial charge in [0.1, 0.15) is 0 Å². The lowest BCUT2D eigenvalue weighted by atomic mass is 9.94. The Hall–Kier alpha value is -2.68. The molecule has 0 aliphatic heterocycles. The average Bonchev–Trinajstić information content (AvgIpc) is 2.70. The van der Waals surface area contributed by atoms with E-state index in [2.05, 4.69) is 17.4 Å².